The second-order valence-electron chi connectivity index (χ2n) is 6.48. The van der Waals surface area contributed by atoms with Crippen molar-refractivity contribution in [3.05, 3.63) is 29.8 Å². The highest BCUT2D eigenvalue weighted by Gasteiger charge is 2.21. The van der Waals surface area contributed by atoms with Crippen LogP contribution in [-0.2, 0) is 9.59 Å². The van der Waals surface area contributed by atoms with Crippen molar-refractivity contribution in [3.8, 4) is 5.75 Å². The number of carbonyl (C=O) groups excluding carboxylic acids is 2. The Kier molecular flexibility index (Phi) is 9.62. The first kappa shape index (κ1) is 21.0. The second-order valence-corrected chi connectivity index (χ2v) is 6.48. The number of hydrogen-bond acceptors (Lipinski definition) is 4. The van der Waals surface area contributed by atoms with Crippen LogP contribution in [0.15, 0.2) is 24.3 Å². The lowest BCUT2D eigenvalue weighted by Crippen LogP contribution is -2.48. The summed E-state index contributed by atoms with van der Waals surface area (Å²) in [5.41, 5.74) is 1.06. The summed E-state index contributed by atoms with van der Waals surface area (Å²) >= 11 is 0. The molecule has 3 N–H and O–H groups in total. The molecule has 6 heteroatoms. The number of carbonyl (C=O) groups is 2. The summed E-state index contributed by atoms with van der Waals surface area (Å²) in [6, 6.07) is 7.17. The summed E-state index contributed by atoms with van der Waals surface area (Å²) in [5.74, 6) is 0.670. The zero-order valence-corrected chi connectivity index (χ0v) is 15.4. The van der Waals surface area contributed by atoms with Gasteiger partial charge in [-0.1, -0.05) is 32.0 Å². The van der Waals surface area contributed by atoms with Gasteiger partial charge in [0.05, 0.1) is 13.2 Å². The highest BCUT2D eigenvalue weighted by Crippen LogP contribution is 2.16. The molecule has 0 saturated heterocycles. The van der Waals surface area contributed by atoms with E-state index in [1.165, 1.54) is 0 Å². The number of nitrogens with one attached hydrogen (secondary N) is 2. The van der Waals surface area contributed by atoms with Crippen molar-refractivity contribution in [2.24, 2.45) is 5.92 Å². The maximum Gasteiger partial charge on any atom is 0.242 e. The molecule has 25 heavy (non-hydrogen) atoms. The molecule has 1 atom stereocenters. The molecule has 1 aromatic rings. The van der Waals surface area contributed by atoms with Crippen LogP contribution in [0.5, 0.6) is 5.75 Å². The van der Waals surface area contributed by atoms with Crippen LogP contribution in [0, 0.1) is 12.8 Å². The van der Waals surface area contributed by atoms with Crippen LogP contribution < -0.4 is 15.4 Å². The molecule has 0 saturated carbocycles. The van der Waals surface area contributed by atoms with Gasteiger partial charge < -0.3 is 20.5 Å². The molecular weight excluding hydrogens is 320 g/mol. The molecule has 0 spiro atoms. The van der Waals surface area contributed by atoms with Gasteiger partial charge in [-0.15, -0.1) is 0 Å². The monoisotopic (exact) mass is 350 g/mol. The molecule has 1 aromatic carbocycles. The third-order valence-electron chi connectivity index (χ3n) is 3.67. The van der Waals surface area contributed by atoms with Crippen LogP contribution in [0.3, 0.4) is 0 Å². The number of aliphatic hydroxyl groups excluding tert-OH is 1. The minimum atomic E-state index is -0.573. The molecule has 0 heterocycles. The van der Waals surface area contributed by atoms with E-state index in [2.05, 4.69) is 10.6 Å². The van der Waals surface area contributed by atoms with E-state index in [1.807, 2.05) is 45.0 Å². The number of hydrogen-bond donors (Lipinski definition) is 3. The second kappa shape index (κ2) is 11.5. The largest absolute Gasteiger partial charge is 0.493 e. The van der Waals surface area contributed by atoms with Gasteiger partial charge in [0.15, 0.2) is 0 Å². The van der Waals surface area contributed by atoms with Crippen LogP contribution >= 0.6 is 0 Å². The fourth-order valence-electron chi connectivity index (χ4n) is 2.40. The van der Waals surface area contributed by atoms with Crippen LogP contribution in [0.4, 0.5) is 0 Å². The van der Waals surface area contributed by atoms with Gasteiger partial charge in [0.2, 0.25) is 11.8 Å². The predicted octanol–water partition coefficient (Wildman–Crippen LogP) is 1.79. The zero-order chi connectivity index (χ0) is 18.7. The fraction of sp³-hybridized carbons (Fsp3) is 0.579. The van der Waals surface area contributed by atoms with Crippen molar-refractivity contribution in [2.75, 3.05) is 19.8 Å². The van der Waals surface area contributed by atoms with Gasteiger partial charge in [0, 0.05) is 13.0 Å². The van der Waals surface area contributed by atoms with E-state index in [4.69, 9.17) is 9.84 Å². The number of amides is 2. The Hall–Kier alpha value is -2.08. The number of aliphatic hydroxyl groups is 1. The highest BCUT2D eigenvalue weighted by atomic mass is 16.5. The molecule has 0 bridgehead atoms. The van der Waals surface area contributed by atoms with E-state index >= 15 is 0 Å². The van der Waals surface area contributed by atoms with Crippen LogP contribution in [0.1, 0.15) is 38.7 Å². The molecule has 0 fully saturated rings. The van der Waals surface area contributed by atoms with Crippen molar-refractivity contribution in [1.82, 2.24) is 10.6 Å². The van der Waals surface area contributed by atoms with Gasteiger partial charge in [-0.25, -0.2) is 0 Å². The molecule has 0 radical (unpaired) electrons. The minimum Gasteiger partial charge on any atom is -0.493 e. The number of aryl methyl sites for hydroxylation is 1. The van der Waals surface area contributed by atoms with E-state index < -0.39 is 6.04 Å². The van der Waals surface area contributed by atoms with Crippen molar-refractivity contribution in [3.63, 3.8) is 0 Å². The molecule has 0 aromatic heterocycles. The predicted molar refractivity (Wildman–Crippen MR) is 97.4 cm³/mol. The van der Waals surface area contributed by atoms with Crippen LogP contribution in [0.25, 0.3) is 0 Å². The van der Waals surface area contributed by atoms with E-state index in [9.17, 15) is 9.59 Å². The Morgan fingerprint density at radius 1 is 1.24 bits per heavy atom. The quantitative estimate of drug-likeness (QED) is 0.531. The normalized spacial score (nSPS) is 11.9. The fourth-order valence-corrected chi connectivity index (χ4v) is 2.40. The molecule has 6 nitrogen and oxygen atoms in total. The molecule has 0 unspecified atom stereocenters. The average Bonchev–Trinajstić information content (AvgIpc) is 2.57. The minimum absolute atomic E-state index is 0.121. The molecule has 1 rings (SSSR count). The number of ether oxygens (including phenoxy) is 1. The molecule has 2 amide bonds. The summed E-state index contributed by atoms with van der Waals surface area (Å²) in [6.45, 7) is 6.48. The smallest absolute Gasteiger partial charge is 0.242 e. The van der Waals surface area contributed by atoms with Gasteiger partial charge >= 0.3 is 0 Å². The number of rotatable bonds is 11. The summed E-state index contributed by atoms with van der Waals surface area (Å²) in [6.07, 6.45) is 1.43. The lowest BCUT2D eigenvalue weighted by Gasteiger charge is -2.20. The first-order valence-electron chi connectivity index (χ1n) is 8.80. The van der Waals surface area contributed by atoms with Gasteiger partial charge in [0.25, 0.3) is 0 Å². The Morgan fingerprint density at radius 2 is 1.96 bits per heavy atom. The van der Waals surface area contributed by atoms with Gasteiger partial charge in [-0.05, 0) is 37.3 Å². The SMILES string of the molecule is Cc1ccccc1OCCCC(=O)N[C@@H](CC(C)C)C(=O)NCCO. The van der Waals surface area contributed by atoms with Crippen molar-refractivity contribution < 1.29 is 19.4 Å². The van der Waals surface area contributed by atoms with Gasteiger partial charge in [-0.3, -0.25) is 9.59 Å². The third-order valence-corrected chi connectivity index (χ3v) is 3.67. The lowest BCUT2D eigenvalue weighted by molar-refractivity contribution is -0.129. The summed E-state index contributed by atoms with van der Waals surface area (Å²) in [4.78, 5) is 24.2. The number of para-hydroxylation sites is 1. The highest BCUT2D eigenvalue weighted by molar-refractivity contribution is 5.87. The van der Waals surface area contributed by atoms with Gasteiger partial charge in [0.1, 0.15) is 11.8 Å². The molecule has 140 valence electrons. The van der Waals surface area contributed by atoms with E-state index in [0.29, 0.717) is 25.9 Å². The Bertz CT molecular complexity index is 546. The molecular formula is C19H30N2O4. The molecule has 0 aliphatic rings. The first-order valence-corrected chi connectivity index (χ1v) is 8.80. The standard InChI is InChI=1S/C19H30N2O4/c1-14(2)13-16(19(24)20-10-11-22)21-18(23)9-6-12-25-17-8-5-4-7-15(17)3/h4-5,7-8,14,16,22H,6,9-13H2,1-3H3,(H,20,24)(H,21,23)/t16-/m0/s1. The Balaban J connectivity index is 2.38. The first-order chi connectivity index (χ1) is 11.9. The Labute approximate surface area is 150 Å². The summed E-state index contributed by atoms with van der Waals surface area (Å²) < 4.78 is 5.67. The maximum atomic E-state index is 12.1. The summed E-state index contributed by atoms with van der Waals surface area (Å²) in [5, 5.41) is 14.2. The summed E-state index contributed by atoms with van der Waals surface area (Å²) in [7, 11) is 0. The lowest BCUT2D eigenvalue weighted by atomic mass is 10.0. The van der Waals surface area contributed by atoms with Crippen LogP contribution in [0.2, 0.25) is 0 Å². The zero-order valence-electron chi connectivity index (χ0n) is 15.4. The topological polar surface area (TPSA) is 87.7 Å². The number of benzene rings is 1. The van der Waals surface area contributed by atoms with E-state index in [1.54, 1.807) is 0 Å². The van der Waals surface area contributed by atoms with E-state index in [0.717, 1.165) is 11.3 Å². The molecule has 0 aliphatic carbocycles. The molecule has 0 aliphatic heterocycles. The average molecular weight is 350 g/mol. The maximum absolute atomic E-state index is 12.1. The van der Waals surface area contributed by atoms with Crippen molar-refractivity contribution in [2.45, 2.75) is 46.1 Å². The van der Waals surface area contributed by atoms with Crippen molar-refractivity contribution >= 4 is 11.8 Å². The van der Waals surface area contributed by atoms with Gasteiger partial charge in [-0.2, -0.15) is 0 Å². The Morgan fingerprint density at radius 3 is 2.60 bits per heavy atom. The third kappa shape index (κ3) is 8.54. The van der Waals surface area contributed by atoms with Crippen molar-refractivity contribution in [1.29, 1.82) is 0 Å². The van der Waals surface area contributed by atoms with Crippen LogP contribution in [-0.4, -0.2) is 42.7 Å². The van der Waals surface area contributed by atoms with E-state index in [-0.39, 0.29) is 30.9 Å².